The van der Waals surface area contributed by atoms with Gasteiger partial charge < -0.3 is 10.6 Å². The highest BCUT2D eigenvalue weighted by Crippen LogP contribution is 2.18. The van der Waals surface area contributed by atoms with E-state index in [4.69, 9.17) is 0 Å². The van der Waals surface area contributed by atoms with Crippen LogP contribution in [0.3, 0.4) is 0 Å². The van der Waals surface area contributed by atoms with E-state index in [0.717, 1.165) is 16.7 Å². The Hall–Kier alpha value is -3.40. The van der Waals surface area contributed by atoms with Crippen molar-refractivity contribution in [1.29, 1.82) is 0 Å². The van der Waals surface area contributed by atoms with Crippen LogP contribution in [0.2, 0.25) is 0 Å². The SMILES string of the molecule is CNC(=O)c1ccc(S(=O)(=O)NCCNC/C=C/c2ccc(-c3cccnc3)cc2)cn1. The molecule has 2 heterocycles. The monoisotopic (exact) mass is 451 g/mol. The standard InChI is InChI=1S/C23H25N5O3S/c1-24-23(29)22-11-10-21(17-27-22)32(30,31)28-15-14-25-12-2-4-18-6-8-19(9-7-18)20-5-3-13-26-16-20/h2-11,13,16-17,25,28H,12,14-15H2,1H3,(H,24,29)/b4-2+. The zero-order valence-electron chi connectivity index (χ0n) is 17.7. The Morgan fingerprint density at radius 2 is 1.81 bits per heavy atom. The highest BCUT2D eigenvalue weighted by atomic mass is 32.2. The fourth-order valence-corrected chi connectivity index (χ4v) is 3.84. The predicted octanol–water partition coefficient (Wildman–Crippen LogP) is 2.08. The van der Waals surface area contributed by atoms with E-state index in [1.165, 1.54) is 25.4 Å². The summed E-state index contributed by atoms with van der Waals surface area (Å²) in [6.45, 7) is 1.30. The molecule has 0 aliphatic heterocycles. The number of carbonyl (C=O) groups excluding carboxylic acids is 1. The van der Waals surface area contributed by atoms with Crippen LogP contribution >= 0.6 is 0 Å². The third-order valence-corrected chi connectivity index (χ3v) is 6.02. The van der Waals surface area contributed by atoms with Crippen molar-refractivity contribution in [3.8, 4) is 11.1 Å². The van der Waals surface area contributed by atoms with Crippen LogP contribution in [0.15, 0.2) is 78.1 Å². The Morgan fingerprint density at radius 1 is 1.00 bits per heavy atom. The van der Waals surface area contributed by atoms with Crippen LogP contribution in [0.25, 0.3) is 17.2 Å². The number of sulfonamides is 1. The van der Waals surface area contributed by atoms with Crippen molar-refractivity contribution in [2.24, 2.45) is 0 Å². The zero-order valence-corrected chi connectivity index (χ0v) is 18.5. The first-order valence-corrected chi connectivity index (χ1v) is 11.5. The van der Waals surface area contributed by atoms with E-state index in [9.17, 15) is 13.2 Å². The van der Waals surface area contributed by atoms with Gasteiger partial charge in [0, 0.05) is 45.3 Å². The molecule has 3 aromatic rings. The van der Waals surface area contributed by atoms with Crippen molar-refractivity contribution in [1.82, 2.24) is 25.3 Å². The van der Waals surface area contributed by atoms with Gasteiger partial charge in [-0.3, -0.25) is 9.78 Å². The number of carbonyl (C=O) groups is 1. The molecule has 1 aromatic carbocycles. The molecule has 0 fully saturated rings. The second-order valence-corrected chi connectivity index (χ2v) is 8.59. The third kappa shape index (κ3) is 6.55. The Kier molecular flexibility index (Phi) is 8.20. The lowest BCUT2D eigenvalue weighted by molar-refractivity contribution is 0.0958. The molecule has 0 bridgehead atoms. The van der Waals surface area contributed by atoms with Gasteiger partial charge in [0.05, 0.1) is 0 Å². The Bertz CT molecular complexity index is 1150. The first-order chi connectivity index (χ1) is 15.5. The number of nitrogens with one attached hydrogen (secondary N) is 3. The van der Waals surface area contributed by atoms with Gasteiger partial charge in [-0.15, -0.1) is 0 Å². The second-order valence-electron chi connectivity index (χ2n) is 6.83. The maximum absolute atomic E-state index is 12.3. The fraction of sp³-hybridized carbons (Fsp3) is 0.174. The minimum atomic E-state index is -3.68. The minimum Gasteiger partial charge on any atom is -0.354 e. The lowest BCUT2D eigenvalue weighted by Crippen LogP contribution is -2.32. The van der Waals surface area contributed by atoms with Gasteiger partial charge in [-0.25, -0.2) is 18.1 Å². The van der Waals surface area contributed by atoms with Crippen LogP contribution in [0.4, 0.5) is 0 Å². The maximum atomic E-state index is 12.3. The van der Waals surface area contributed by atoms with Gasteiger partial charge in [-0.1, -0.05) is 42.5 Å². The van der Waals surface area contributed by atoms with Crippen LogP contribution < -0.4 is 15.4 Å². The number of nitrogens with zero attached hydrogens (tertiary/aromatic N) is 2. The lowest BCUT2D eigenvalue weighted by atomic mass is 10.1. The fourth-order valence-electron chi connectivity index (χ4n) is 2.86. The topological polar surface area (TPSA) is 113 Å². The molecule has 3 rings (SSSR count). The Balaban J connectivity index is 1.39. The van der Waals surface area contributed by atoms with Crippen LogP contribution in [0, 0.1) is 0 Å². The highest BCUT2D eigenvalue weighted by Gasteiger charge is 2.14. The Morgan fingerprint density at radius 3 is 2.47 bits per heavy atom. The van der Waals surface area contributed by atoms with E-state index < -0.39 is 10.0 Å². The average molecular weight is 452 g/mol. The van der Waals surface area contributed by atoms with Gasteiger partial charge in [0.15, 0.2) is 0 Å². The van der Waals surface area contributed by atoms with Crippen molar-refractivity contribution in [3.05, 3.63) is 84.5 Å². The summed E-state index contributed by atoms with van der Waals surface area (Å²) in [4.78, 5) is 19.5. The molecule has 0 saturated carbocycles. The first kappa shape index (κ1) is 23.3. The highest BCUT2D eigenvalue weighted by molar-refractivity contribution is 7.89. The van der Waals surface area contributed by atoms with Crippen LogP contribution in [0.5, 0.6) is 0 Å². The quantitative estimate of drug-likeness (QED) is 0.407. The van der Waals surface area contributed by atoms with Crippen molar-refractivity contribution < 1.29 is 13.2 Å². The third-order valence-electron chi connectivity index (χ3n) is 4.58. The van der Waals surface area contributed by atoms with Crippen molar-refractivity contribution >= 4 is 22.0 Å². The summed E-state index contributed by atoms with van der Waals surface area (Å²) in [7, 11) is -2.19. The Labute approximate surface area is 187 Å². The molecule has 0 radical (unpaired) electrons. The molecule has 0 aliphatic rings. The van der Waals surface area contributed by atoms with Gasteiger partial charge in [0.25, 0.3) is 5.91 Å². The van der Waals surface area contributed by atoms with Crippen molar-refractivity contribution in [3.63, 3.8) is 0 Å². The molecule has 8 nitrogen and oxygen atoms in total. The summed E-state index contributed by atoms with van der Waals surface area (Å²) in [5, 5.41) is 5.59. The number of aromatic nitrogens is 2. The summed E-state index contributed by atoms with van der Waals surface area (Å²) >= 11 is 0. The van der Waals surface area contributed by atoms with E-state index in [1.54, 1.807) is 6.20 Å². The minimum absolute atomic E-state index is 0.0137. The van der Waals surface area contributed by atoms with Crippen molar-refractivity contribution in [2.75, 3.05) is 26.7 Å². The summed E-state index contributed by atoms with van der Waals surface area (Å²) in [6, 6.07) is 14.8. The molecule has 3 N–H and O–H groups in total. The predicted molar refractivity (Wildman–Crippen MR) is 124 cm³/mol. The second kappa shape index (κ2) is 11.3. The molecule has 0 aliphatic carbocycles. The summed E-state index contributed by atoms with van der Waals surface area (Å²) < 4.78 is 27.1. The van der Waals surface area contributed by atoms with E-state index in [1.807, 2.05) is 42.6 Å². The molecule has 166 valence electrons. The molecule has 0 saturated heterocycles. The van der Waals surface area contributed by atoms with E-state index in [2.05, 4.69) is 37.5 Å². The largest absolute Gasteiger partial charge is 0.354 e. The molecule has 0 atom stereocenters. The summed E-state index contributed by atoms with van der Waals surface area (Å²) in [5.41, 5.74) is 3.42. The number of benzene rings is 1. The van der Waals surface area contributed by atoms with Gasteiger partial charge in [-0.05, 0) is 34.9 Å². The molecular weight excluding hydrogens is 426 g/mol. The van der Waals surface area contributed by atoms with E-state index >= 15 is 0 Å². The van der Waals surface area contributed by atoms with Gasteiger partial charge in [-0.2, -0.15) is 0 Å². The number of pyridine rings is 2. The molecule has 32 heavy (non-hydrogen) atoms. The number of amides is 1. The molecule has 2 aromatic heterocycles. The number of rotatable bonds is 10. The van der Waals surface area contributed by atoms with Crippen LogP contribution in [-0.4, -0.2) is 51.0 Å². The van der Waals surface area contributed by atoms with Crippen molar-refractivity contribution in [2.45, 2.75) is 4.90 Å². The molecule has 9 heteroatoms. The zero-order chi connectivity index (χ0) is 22.8. The number of hydrogen-bond acceptors (Lipinski definition) is 6. The first-order valence-electron chi connectivity index (χ1n) is 10.0. The molecule has 0 unspecified atom stereocenters. The summed E-state index contributed by atoms with van der Waals surface area (Å²) in [5.74, 6) is -0.372. The lowest BCUT2D eigenvalue weighted by Gasteiger charge is -2.07. The van der Waals surface area contributed by atoms with E-state index in [0.29, 0.717) is 13.1 Å². The summed E-state index contributed by atoms with van der Waals surface area (Å²) in [6.07, 6.45) is 8.74. The molecule has 1 amide bonds. The average Bonchev–Trinajstić information content (AvgIpc) is 2.84. The normalized spacial score (nSPS) is 11.5. The van der Waals surface area contributed by atoms with Crippen LogP contribution in [0.1, 0.15) is 16.1 Å². The van der Waals surface area contributed by atoms with Gasteiger partial charge >= 0.3 is 0 Å². The molecular formula is C23H25N5O3S. The number of hydrogen-bond donors (Lipinski definition) is 3. The van der Waals surface area contributed by atoms with E-state index in [-0.39, 0.29) is 23.0 Å². The van der Waals surface area contributed by atoms with Crippen LogP contribution in [-0.2, 0) is 10.0 Å². The maximum Gasteiger partial charge on any atom is 0.269 e. The van der Waals surface area contributed by atoms with Gasteiger partial charge in [0.2, 0.25) is 10.0 Å². The van der Waals surface area contributed by atoms with Gasteiger partial charge in [0.1, 0.15) is 10.6 Å². The molecule has 0 spiro atoms. The smallest absolute Gasteiger partial charge is 0.269 e.